The van der Waals surface area contributed by atoms with E-state index in [9.17, 15) is 17.6 Å². The third-order valence-electron chi connectivity index (χ3n) is 2.90. The fourth-order valence-corrected chi connectivity index (χ4v) is 1.78. The van der Waals surface area contributed by atoms with E-state index in [1.165, 1.54) is 19.2 Å². The van der Waals surface area contributed by atoms with Gasteiger partial charge in [0.1, 0.15) is 6.04 Å². The Kier molecular flexibility index (Phi) is 4.73. The molecule has 5 heteroatoms. The molecule has 0 saturated carbocycles. The van der Waals surface area contributed by atoms with Crippen molar-refractivity contribution >= 4 is 0 Å². The summed E-state index contributed by atoms with van der Waals surface area (Å²) in [6.45, 7) is 3.94. The van der Waals surface area contributed by atoms with Gasteiger partial charge >= 0.3 is 12.3 Å². The summed E-state index contributed by atoms with van der Waals surface area (Å²) in [6, 6.07) is 4.62. The summed E-state index contributed by atoms with van der Waals surface area (Å²) >= 11 is 0. The molecule has 0 spiro atoms. The van der Waals surface area contributed by atoms with Gasteiger partial charge in [-0.2, -0.15) is 8.78 Å². The maximum absolute atomic E-state index is 13.3. The average molecular weight is 263 g/mol. The monoisotopic (exact) mass is 263 g/mol. The van der Waals surface area contributed by atoms with E-state index in [-0.39, 0.29) is 11.5 Å². The van der Waals surface area contributed by atoms with Crippen LogP contribution in [0.15, 0.2) is 24.3 Å². The molecule has 102 valence electrons. The molecule has 1 aromatic rings. The van der Waals surface area contributed by atoms with Gasteiger partial charge in [-0.1, -0.05) is 38.1 Å². The fraction of sp³-hybridized carbons (Fsp3) is 0.538. The summed E-state index contributed by atoms with van der Waals surface area (Å²) in [6.07, 6.45) is -3.69. The van der Waals surface area contributed by atoms with Gasteiger partial charge < -0.3 is 5.32 Å². The predicted molar refractivity (Wildman–Crippen MR) is 63.3 cm³/mol. The second kappa shape index (κ2) is 5.69. The maximum Gasteiger partial charge on any atom is 0.326 e. The van der Waals surface area contributed by atoms with Crippen molar-refractivity contribution in [2.24, 2.45) is 0 Å². The van der Waals surface area contributed by atoms with Crippen LogP contribution >= 0.6 is 0 Å². The number of hydrogen-bond acceptors (Lipinski definition) is 1. The molecule has 1 atom stereocenters. The number of nitrogens with one attached hydrogen (secondary N) is 1. The van der Waals surface area contributed by atoms with Gasteiger partial charge in [0.2, 0.25) is 0 Å². The number of rotatable bonds is 5. The molecular formula is C13H17F4N. The van der Waals surface area contributed by atoms with E-state index in [4.69, 9.17) is 0 Å². The van der Waals surface area contributed by atoms with E-state index in [0.717, 1.165) is 5.56 Å². The highest BCUT2D eigenvalue weighted by atomic mass is 19.3. The van der Waals surface area contributed by atoms with Crippen LogP contribution < -0.4 is 5.32 Å². The number of benzene rings is 1. The lowest BCUT2D eigenvalue weighted by Gasteiger charge is -2.26. The molecule has 0 heterocycles. The molecule has 1 nitrogen and oxygen atoms in total. The molecule has 0 aliphatic heterocycles. The SMILES string of the molecule is CNC(c1ccc(C(C)C)cc1)C(F)(F)C(F)F. The molecule has 0 aliphatic rings. The van der Waals surface area contributed by atoms with Gasteiger partial charge in [0.05, 0.1) is 0 Å². The Labute approximate surface area is 104 Å². The molecular weight excluding hydrogens is 246 g/mol. The first-order valence-corrected chi connectivity index (χ1v) is 5.73. The predicted octanol–water partition coefficient (Wildman–Crippen LogP) is 3.97. The lowest BCUT2D eigenvalue weighted by molar-refractivity contribution is -0.150. The van der Waals surface area contributed by atoms with E-state index in [0.29, 0.717) is 0 Å². The topological polar surface area (TPSA) is 12.0 Å². The number of halogens is 4. The minimum atomic E-state index is -4.09. The minimum absolute atomic E-state index is 0.159. The molecule has 1 unspecified atom stereocenters. The van der Waals surface area contributed by atoms with Gasteiger partial charge in [-0.3, -0.25) is 0 Å². The molecule has 18 heavy (non-hydrogen) atoms. The summed E-state index contributed by atoms with van der Waals surface area (Å²) in [7, 11) is 1.25. The van der Waals surface area contributed by atoms with Gasteiger partial charge in [-0.15, -0.1) is 0 Å². The van der Waals surface area contributed by atoms with Crippen molar-refractivity contribution < 1.29 is 17.6 Å². The van der Waals surface area contributed by atoms with E-state index >= 15 is 0 Å². The molecule has 1 N–H and O–H groups in total. The van der Waals surface area contributed by atoms with Crippen LogP contribution in [0, 0.1) is 0 Å². The molecule has 1 rings (SSSR count). The Hall–Kier alpha value is -1.10. The van der Waals surface area contributed by atoms with Crippen molar-refractivity contribution in [2.75, 3.05) is 7.05 Å². The first kappa shape index (κ1) is 15.0. The Morgan fingerprint density at radius 1 is 1.00 bits per heavy atom. The molecule has 0 aromatic heterocycles. The van der Waals surface area contributed by atoms with Gasteiger partial charge in [0.15, 0.2) is 0 Å². The van der Waals surface area contributed by atoms with Gasteiger partial charge in [-0.05, 0) is 24.1 Å². The summed E-state index contributed by atoms with van der Waals surface area (Å²) in [5.74, 6) is -3.82. The van der Waals surface area contributed by atoms with E-state index < -0.39 is 18.4 Å². The van der Waals surface area contributed by atoms with Gasteiger partial charge in [0, 0.05) is 0 Å². The van der Waals surface area contributed by atoms with E-state index in [1.54, 1.807) is 12.1 Å². The van der Waals surface area contributed by atoms with Crippen LogP contribution in [0.25, 0.3) is 0 Å². The van der Waals surface area contributed by atoms with E-state index in [2.05, 4.69) is 5.32 Å². The zero-order valence-corrected chi connectivity index (χ0v) is 10.6. The van der Waals surface area contributed by atoms with Crippen LogP contribution in [0.5, 0.6) is 0 Å². The number of alkyl halides is 4. The van der Waals surface area contributed by atoms with Crippen LogP contribution in [0.1, 0.15) is 36.9 Å². The smallest absolute Gasteiger partial charge is 0.308 e. The standard InChI is InChI=1S/C13H17F4N/c1-8(2)9-4-6-10(7-5-9)11(18-3)13(16,17)12(14)15/h4-8,11-12,18H,1-3H3. The Bertz CT molecular complexity index is 373. The highest BCUT2D eigenvalue weighted by Gasteiger charge is 2.48. The highest BCUT2D eigenvalue weighted by Crippen LogP contribution is 2.36. The molecule has 1 aromatic carbocycles. The zero-order valence-electron chi connectivity index (χ0n) is 10.6. The van der Waals surface area contributed by atoms with Crippen LogP contribution in [-0.2, 0) is 0 Å². The van der Waals surface area contributed by atoms with Gasteiger partial charge in [-0.25, -0.2) is 8.78 Å². The first-order valence-electron chi connectivity index (χ1n) is 5.73. The first-order chi connectivity index (χ1) is 8.30. The van der Waals surface area contributed by atoms with Gasteiger partial charge in [0.25, 0.3) is 0 Å². The molecule has 0 radical (unpaired) electrons. The molecule has 0 saturated heterocycles. The average Bonchev–Trinajstić information content (AvgIpc) is 2.30. The maximum atomic E-state index is 13.3. The third-order valence-corrected chi connectivity index (χ3v) is 2.90. The quantitative estimate of drug-likeness (QED) is 0.792. The van der Waals surface area contributed by atoms with Crippen LogP contribution in [0.3, 0.4) is 0 Å². The molecule has 0 aliphatic carbocycles. The van der Waals surface area contributed by atoms with Crippen molar-refractivity contribution in [3.63, 3.8) is 0 Å². The van der Waals surface area contributed by atoms with Crippen molar-refractivity contribution in [3.8, 4) is 0 Å². The molecule has 0 bridgehead atoms. The van der Waals surface area contributed by atoms with E-state index in [1.807, 2.05) is 13.8 Å². The third kappa shape index (κ3) is 3.02. The zero-order chi connectivity index (χ0) is 13.9. The summed E-state index contributed by atoms with van der Waals surface area (Å²) in [5.41, 5.74) is 1.14. The Morgan fingerprint density at radius 2 is 1.44 bits per heavy atom. The van der Waals surface area contributed by atoms with Crippen molar-refractivity contribution in [1.82, 2.24) is 5.32 Å². The minimum Gasteiger partial charge on any atom is -0.308 e. The summed E-state index contributed by atoms with van der Waals surface area (Å²) < 4.78 is 51.4. The Morgan fingerprint density at radius 3 is 1.78 bits per heavy atom. The van der Waals surface area contributed by atoms with Crippen LogP contribution in [0.4, 0.5) is 17.6 Å². The van der Waals surface area contributed by atoms with Crippen molar-refractivity contribution in [1.29, 1.82) is 0 Å². The largest absolute Gasteiger partial charge is 0.326 e. The van der Waals surface area contributed by atoms with Crippen LogP contribution in [-0.4, -0.2) is 19.4 Å². The second-order valence-corrected chi connectivity index (χ2v) is 4.52. The molecule has 0 amide bonds. The summed E-state index contributed by atoms with van der Waals surface area (Å²) in [4.78, 5) is 0. The lowest BCUT2D eigenvalue weighted by atomic mass is 9.96. The fourth-order valence-electron chi connectivity index (χ4n) is 1.78. The second-order valence-electron chi connectivity index (χ2n) is 4.52. The van der Waals surface area contributed by atoms with Crippen molar-refractivity contribution in [2.45, 2.75) is 38.2 Å². The lowest BCUT2D eigenvalue weighted by Crippen LogP contribution is -2.41. The highest BCUT2D eigenvalue weighted by molar-refractivity contribution is 5.28. The normalized spacial score (nSPS) is 14.3. The Balaban J connectivity index is 3.03. The van der Waals surface area contributed by atoms with Crippen LogP contribution in [0.2, 0.25) is 0 Å². The van der Waals surface area contributed by atoms with Crippen molar-refractivity contribution in [3.05, 3.63) is 35.4 Å². The molecule has 0 fully saturated rings. The number of hydrogen-bond donors (Lipinski definition) is 1. The summed E-state index contributed by atoms with van der Waals surface area (Å²) in [5, 5.41) is 2.26.